The number of allylic oxidation sites excluding steroid dienone is 1. The summed E-state index contributed by atoms with van der Waals surface area (Å²) in [6, 6.07) is 46.3. The Labute approximate surface area is 258 Å². The summed E-state index contributed by atoms with van der Waals surface area (Å²) in [4.78, 5) is 10.3. The van der Waals surface area contributed by atoms with Gasteiger partial charge in [0.05, 0.1) is 23.5 Å². The lowest BCUT2D eigenvalue weighted by atomic mass is 9.84. The van der Waals surface area contributed by atoms with E-state index < -0.39 is 0 Å². The Hall–Kier alpha value is -4.67. The van der Waals surface area contributed by atoms with Crippen LogP contribution in [0.3, 0.4) is 0 Å². The third-order valence-corrected chi connectivity index (χ3v) is 8.63. The first kappa shape index (κ1) is 27.2. The molecule has 0 saturated carbocycles. The zero-order valence-corrected chi connectivity index (χ0v) is 24.5. The highest BCUT2D eigenvalue weighted by atomic mass is 35.5. The summed E-state index contributed by atoms with van der Waals surface area (Å²) in [6.45, 7) is 0. The van der Waals surface area contributed by atoms with E-state index in [2.05, 4.69) is 126 Å². The van der Waals surface area contributed by atoms with Gasteiger partial charge in [-0.3, -0.25) is 4.99 Å². The molecular formula is C38H33ClN4. The maximum atomic E-state index is 6.80. The van der Waals surface area contributed by atoms with Crippen molar-refractivity contribution in [2.45, 2.75) is 36.9 Å². The molecule has 0 saturated heterocycles. The van der Waals surface area contributed by atoms with Crippen molar-refractivity contribution in [2.24, 2.45) is 4.99 Å². The summed E-state index contributed by atoms with van der Waals surface area (Å²) in [5, 5.41) is 8.22. The third-order valence-electron chi connectivity index (χ3n) is 8.41. The first-order valence-corrected chi connectivity index (χ1v) is 15.3. The Balaban J connectivity index is 1.24. The number of rotatable bonds is 6. The minimum atomic E-state index is -0.0767. The van der Waals surface area contributed by atoms with Gasteiger partial charge in [-0.25, -0.2) is 4.98 Å². The molecule has 4 nitrogen and oxygen atoms in total. The van der Waals surface area contributed by atoms with E-state index in [4.69, 9.17) is 21.6 Å². The van der Waals surface area contributed by atoms with Crippen LogP contribution in [0.15, 0.2) is 145 Å². The second kappa shape index (κ2) is 12.3. The lowest BCUT2D eigenvalue weighted by molar-refractivity contribution is 0.488. The average Bonchev–Trinajstić information content (AvgIpc) is 3.40. The normalized spacial score (nSPS) is 21.6. The number of nitrogens with one attached hydrogen (secondary N) is 2. The number of amidine groups is 1. The van der Waals surface area contributed by atoms with Gasteiger partial charge in [0.15, 0.2) is 0 Å². The lowest BCUT2D eigenvalue weighted by Crippen LogP contribution is -2.27. The summed E-state index contributed by atoms with van der Waals surface area (Å²) in [5.41, 5.74) is 7.49. The van der Waals surface area contributed by atoms with Gasteiger partial charge in [-0.15, -0.1) is 0 Å². The summed E-state index contributed by atoms with van der Waals surface area (Å²) < 4.78 is 0. The Morgan fingerprint density at radius 1 is 0.581 bits per heavy atom. The van der Waals surface area contributed by atoms with Crippen molar-refractivity contribution < 1.29 is 0 Å². The summed E-state index contributed by atoms with van der Waals surface area (Å²) in [5.74, 6) is 1.07. The zero-order chi connectivity index (χ0) is 29.0. The van der Waals surface area contributed by atoms with Gasteiger partial charge < -0.3 is 10.6 Å². The van der Waals surface area contributed by atoms with Crippen LogP contribution in [0, 0.1) is 0 Å². The SMILES string of the molecule is Clc1cc(C2=CCC[C@@H](c3ccccc3)[C@H](c3ccccc3)N2)nc(C2=N[C@H](c3ccccc3)[C@@H](c3ccccc3)N2)c1. The van der Waals surface area contributed by atoms with E-state index in [-0.39, 0.29) is 18.1 Å². The van der Waals surface area contributed by atoms with Crippen LogP contribution in [0.2, 0.25) is 5.02 Å². The van der Waals surface area contributed by atoms with Crippen molar-refractivity contribution in [2.75, 3.05) is 0 Å². The molecule has 5 heteroatoms. The van der Waals surface area contributed by atoms with Crippen molar-refractivity contribution in [3.8, 4) is 0 Å². The fraction of sp³-hybridized carbons (Fsp3) is 0.158. The molecule has 5 aromatic rings. The topological polar surface area (TPSA) is 49.3 Å². The molecular weight excluding hydrogens is 548 g/mol. The maximum absolute atomic E-state index is 6.80. The molecule has 2 aliphatic rings. The Bertz CT molecular complexity index is 1740. The van der Waals surface area contributed by atoms with Gasteiger partial charge in [-0.2, -0.15) is 0 Å². The largest absolute Gasteiger partial charge is 0.376 e. The second-order valence-corrected chi connectivity index (χ2v) is 11.6. The van der Waals surface area contributed by atoms with Crippen LogP contribution in [-0.4, -0.2) is 10.8 Å². The predicted molar refractivity (Wildman–Crippen MR) is 176 cm³/mol. The molecule has 4 atom stereocenters. The first-order chi connectivity index (χ1) is 21.2. The number of aliphatic imine (C=N–C) groups is 1. The Morgan fingerprint density at radius 3 is 1.74 bits per heavy atom. The van der Waals surface area contributed by atoms with Gasteiger partial charge in [0.2, 0.25) is 0 Å². The number of nitrogens with zero attached hydrogens (tertiary/aromatic N) is 2. The van der Waals surface area contributed by atoms with E-state index in [1.54, 1.807) is 0 Å². The molecule has 212 valence electrons. The smallest absolute Gasteiger partial charge is 0.148 e. The molecule has 0 spiro atoms. The minimum absolute atomic E-state index is 0.00727. The quantitative estimate of drug-likeness (QED) is 0.211. The number of aromatic nitrogens is 1. The lowest BCUT2D eigenvalue weighted by Gasteiger charge is -2.29. The molecule has 0 bridgehead atoms. The monoisotopic (exact) mass is 580 g/mol. The number of halogens is 1. The standard InChI is InChI=1S/C38H33ClN4/c39-30-24-33(32-23-13-22-31(26-14-5-1-6-15-26)35(41-32)27-16-7-2-8-17-27)40-34(25-30)38-42-36(28-18-9-3-10-19-28)37(43-38)29-20-11-4-12-21-29/h1-12,14-21,23-25,31,35-37,41H,13,22H2,(H,42,43)/t31-,35-,36+,37+/m0/s1. The number of hydrogen-bond donors (Lipinski definition) is 2. The minimum Gasteiger partial charge on any atom is -0.376 e. The van der Waals surface area contributed by atoms with E-state index in [0.29, 0.717) is 10.9 Å². The molecule has 3 heterocycles. The van der Waals surface area contributed by atoms with Crippen LogP contribution in [0.1, 0.15) is 70.5 Å². The van der Waals surface area contributed by atoms with Crippen LogP contribution in [-0.2, 0) is 0 Å². The van der Waals surface area contributed by atoms with Crippen LogP contribution in [0.25, 0.3) is 5.70 Å². The molecule has 0 fully saturated rings. The van der Waals surface area contributed by atoms with Crippen molar-refractivity contribution in [3.63, 3.8) is 0 Å². The highest BCUT2D eigenvalue weighted by molar-refractivity contribution is 6.31. The maximum Gasteiger partial charge on any atom is 0.148 e. The molecule has 0 radical (unpaired) electrons. The fourth-order valence-corrected chi connectivity index (χ4v) is 6.54. The molecule has 0 amide bonds. The molecule has 7 rings (SSSR count). The first-order valence-electron chi connectivity index (χ1n) is 14.9. The van der Waals surface area contributed by atoms with Gasteiger partial charge in [-0.1, -0.05) is 139 Å². The van der Waals surface area contributed by atoms with E-state index in [1.807, 2.05) is 24.3 Å². The average molecular weight is 581 g/mol. The number of benzene rings is 4. The number of pyridine rings is 1. The zero-order valence-electron chi connectivity index (χ0n) is 23.8. The Morgan fingerprint density at radius 2 is 1.12 bits per heavy atom. The third kappa shape index (κ3) is 5.84. The van der Waals surface area contributed by atoms with Crippen LogP contribution >= 0.6 is 11.6 Å². The number of hydrogen-bond acceptors (Lipinski definition) is 4. The van der Waals surface area contributed by atoms with Crippen LogP contribution in [0.4, 0.5) is 0 Å². The van der Waals surface area contributed by atoms with E-state index in [0.717, 1.165) is 41.3 Å². The summed E-state index contributed by atoms with van der Waals surface area (Å²) in [6.07, 6.45) is 4.23. The van der Waals surface area contributed by atoms with Crippen molar-refractivity contribution in [1.82, 2.24) is 15.6 Å². The molecule has 0 aliphatic carbocycles. The predicted octanol–water partition coefficient (Wildman–Crippen LogP) is 8.82. The molecule has 4 aromatic carbocycles. The molecule has 0 unspecified atom stereocenters. The summed E-state index contributed by atoms with van der Waals surface area (Å²) in [7, 11) is 0. The van der Waals surface area contributed by atoms with Crippen molar-refractivity contribution in [3.05, 3.63) is 178 Å². The molecule has 1 aromatic heterocycles. The highest BCUT2D eigenvalue weighted by Crippen LogP contribution is 2.40. The van der Waals surface area contributed by atoms with Crippen molar-refractivity contribution in [1.29, 1.82) is 0 Å². The van der Waals surface area contributed by atoms with Crippen molar-refractivity contribution >= 4 is 23.1 Å². The molecule has 43 heavy (non-hydrogen) atoms. The van der Waals surface area contributed by atoms with E-state index >= 15 is 0 Å². The Kier molecular flexibility index (Phi) is 7.77. The van der Waals surface area contributed by atoms with Gasteiger partial charge in [-0.05, 0) is 47.2 Å². The van der Waals surface area contributed by atoms with Gasteiger partial charge in [0.25, 0.3) is 0 Å². The van der Waals surface area contributed by atoms with Gasteiger partial charge in [0, 0.05) is 10.9 Å². The van der Waals surface area contributed by atoms with Gasteiger partial charge in [0.1, 0.15) is 17.6 Å². The molecule has 2 aliphatic heterocycles. The second-order valence-electron chi connectivity index (χ2n) is 11.2. The molecule has 2 N–H and O–H groups in total. The highest BCUT2D eigenvalue weighted by Gasteiger charge is 2.33. The van der Waals surface area contributed by atoms with Gasteiger partial charge >= 0.3 is 0 Å². The van der Waals surface area contributed by atoms with E-state index in [9.17, 15) is 0 Å². The summed E-state index contributed by atoms with van der Waals surface area (Å²) >= 11 is 6.80. The van der Waals surface area contributed by atoms with Crippen LogP contribution in [0.5, 0.6) is 0 Å². The van der Waals surface area contributed by atoms with Crippen LogP contribution < -0.4 is 10.6 Å². The fourth-order valence-electron chi connectivity index (χ4n) is 6.33. The van der Waals surface area contributed by atoms with E-state index in [1.165, 1.54) is 16.7 Å².